The highest BCUT2D eigenvalue weighted by Gasteiger charge is 2.26. The normalized spacial score (nSPS) is 14.2. The quantitative estimate of drug-likeness (QED) is 0.661. The van der Waals surface area contributed by atoms with Crippen LogP contribution in [0.15, 0.2) is 57.8 Å². The van der Waals surface area contributed by atoms with E-state index in [2.05, 4.69) is 5.16 Å². The number of carbonyl (C=O) groups excluding carboxylic acids is 2. The van der Waals surface area contributed by atoms with Crippen LogP contribution in [0.2, 0.25) is 0 Å². The zero-order valence-electron chi connectivity index (χ0n) is 15.7. The fraction of sp³-hybridized carbons (Fsp3) is 0.286. The summed E-state index contributed by atoms with van der Waals surface area (Å²) in [6, 6.07) is 9.27. The number of amides is 2. The molecule has 3 heterocycles. The number of rotatable bonds is 5. The maximum atomic E-state index is 13.1. The summed E-state index contributed by atoms with van der Waals surface area (Å²) >= 11 is 0. The standard InChI is InChI=1S/C21H20FN3O4/c22-17-6-3-15(4-7-17)20-16(14-23-29-20)5-8-19(26)24-9-11-25(12-10-24)21(27)18-2-1-13-28-18/h1-4,6-7,13-14H,5,8-12H2. The molecule has 1 saturated heterocycles. The lowest BCUT2D eigenvalue weighted by molar-refractivity contribution is -0.132. The fourth-order valence-electron chi connectivity index (χ4n) is 3.39. The van der Waals surface area contributed by atoms with Gasteiger partial charge in [-0.2, -0.15) is 0 Å². The summed E-state index contributed by atoms with van der Waals surface area (Å²) in [6.45, 7) is 1.91. The van der Waals surface area contributed by atoms with Gasteiger partial charge in [0.15, 0.2) is 11.5 Å². The number of nitrogens with zero attached hydrogens (tertiary/aromatic N) is 3. The first-order valence-corrected chi connectivity index (χ1v) is 9.42. The van der Waals surface area contributed by atoms with Crippen molar-refractivity contribution in [2.45, 2.75) is 12.8 Å². The third-order valence-corrected chi connectivity index (χ3v) is 5.01. The third-order valence-electron chi connectivity index (χ3n) is 5.01. The largest absolute Gasteiger partial charge is 0.459 e. The van der Waals surface area contributed by atoms with E-state index in [-0.39, 0.29) is 17.6 Å². The van der Waals surface area contributed by atoms with Gasteiger partial charge in [-0.25, -0.2) is 4.39 Å². The van der Waals surface area contributed by atoms with Crippen LogP contribution in [-0.4, -0.2) is 52.9 Å². The summed E-state index contributed by atoms with van der Waals surface area (Å²) in [5.41, 5.74) is 1.52. The maximum absolute atomic E-state index is 13.1. The van der Waals surface area contributed by atoms with E-state index in [1.807, 2.05) is 0 Å². The van der Waals surface area contributed by atoms with Crippen LogP contribution in [0.1, 0.15) is 22.5 Å². The van der Waals surface area contributed by atoms with Crippen LogP contribution >= 0.6 is 0 Å². The smallest absolute Gasteiger partial charge is 0.289 e. The molecule has 0 aliphatic carbocycles. The minimum absolute atomic E-state index is 0.0151. The highest BCUT2D eigenvalue weighted by atomic mass is 19.1. The molecule has 7 nitrogen and oxygen atoms in total. The predicted molar refractivity (Wildman–Crippen MR) is 101 cm³/mol. The van der Waals surface area contributed by atoms with Crippen LogP contribution in [0.4, 0.5) is 4.39 Å². The number of hydrogen-bond donors (Lipinski definition) is 0. The van der Waals surface area contributed by atoms with E-state index in [4.69, 9.17) is 8.94 Å². The van der Waals surface area contributed by atoms with Gasteiger partial charge in [-0.3, -0.25) is 9.59 Å². The minimum Gasteiger partial charge on any atom is -0.459 e. The van der Waals surface area contributed by atoms with Gasteiger partial charge >= 0.3 is 0 Å². The van der Waals surface area contributed by atoms with E-state index < -0.39 is 0 Å². The van der Waals surface area contributed by atoms with Crippen LogP contribution in [0.5, 0.6) is 0 Å². The molecule has 150 valence electrons. The number of aromatic nitrogens is 1. The van der Waals surface area contributed by atoms with Crippen LogP contribution < -0.4 is 0 Å². The monoisotopic (exact) mass is 397 g/mol. The number of furan rings is 1. The van der Waals surface area contributed by atoms with Crippen LogP contribution in [0.25, 0.3) is 11.3 Å². The molecule has 2 amide bonds. The van der Waals surface area contributed by atoms with Gasteiger partial charge in [0.05, 0.1) is 12.5 Å². The summed E-state index contributed by atoms with van der Waals surface area (Å²) < 4.78 is 23.6. The van der Waals surface area contributed by atoms with E-state index in [0.29, 0.717) is 50.5 Å². The van der Waals surface area contributed by atoms with Gasteiger partial charge in [-0.15, -0.1) is 0 Å². The second-order valence-corrected chi connectivity index (χ2v) is 6.84. The fourth-order valence-corrected chi connectivity index (χ4v) is 3.39. The first-order valence-electron chi connectivity index (χ1n) is 9.42. The van der Waals surface area contributed by atoms with Gasteiger partial charge in [0.25, 0.3) is 5.91 Å². The molecule has 0 atom stereocenters. The number of piperazine rings is 1. The summed E-state index contributed by atoms with van der Waals surface area (Å²) in [5, 5.41) is 3.82. The molecular weight excluding hydrogens is 377 g/mol. The molecule has 0 N–H and O–H groups in total. The molecule has 1 aliphatic heterocycles. The Hall–Kier alpha value is -3.42. The molecular formula is C21H20FN3O4. The molecule has 1 aliphatic rings. The molecule has 0 radical (unpaired) electrons. The lowest BCUT2D eigenvalue weighted by atomic mass is 10.0. The molecule has 2 aromatic heterocycles. The van der Waals surface area contributed by atoms with Crippen molar-refractivity contribution < 1.29 is 22.9 Å². The highest BCUT2D eigenvalue weighted by Crippen LogP contribution is 2.25. The summed E-state index contributed by atoms with van der Waals surface area (Å²) in [6.07, 6.45) is 3.84. The van der Waals surface area contributed by atoms with Gasteiger partial charge in [0.2, 0.25) is 5.91 Å². The second kappa shape index (κ2) is 8.30. The van der Waals surface area contributed by atoms with E-state index in [1.54, 1.807) is 40.3 Å². The van der Waals surface area contributed by atoms with Crippen molar-refractivity contribution in [2.75, 3.05) is 26.2 Å². The molecule has 29 heavy (non-hydrogen) atoms. The van der Waals surface area contributed by atoms with Gasteiger partial charge in [-0.1, -0.05) is 5.16 Å². The molecule has 3 aromatic rings. The van der Waals surface area contributed by atoms with Crippen molar-refractivity contribution in [3.63, 3.8) is 0 Å². The predicted octanol–water partition coefficient (Wildman–Crippen LogP) is 2.99. The van der Waals surface area contributed by atoms with Gasteiger partial charge in [0.1, 0.15) is 5.82 Å². The van der Waals surface area contributed by atoms with E-state index in [1.165, 1.54) is 18.4 Å². The van der Waals surface area contributed by atoms with Crippen LogP contribution in [-0.2, 0) is 11.2 Å². The van der Waals surface area contributed by atoms with Crippen LogP contribution in [0, 0.1) is 5.82 Å². The Morgan fingerprint density at radius 1 is 1.03 bits per heavy atom. The maximum Gasteiger partial charge on any atom is 0.289 e. The molecule has 1 fully saturated rings. The summed E-state index contributed by atoms with van der Waals surface area (Å²) in [4.78, 5) is 28.3. The average molecular weight is 397 g/mol. The molecule has 0 bridgehead atoms. The number of hydrogen-bond acceptors (Lipinski definition) is 5. The molecule has 8 heteroatoms. The Morgan fingerprint density at radius 3 is 2.45 bits per heavy atom. The third kappa shape index (κ3) is 4.21. The van der Waals surface area contributed by atoms with E-state index >= 15 is 0 Å². The van der Waals surface area contributed by atoms with Crippen molar-refractivity contribution in [1.29, 1.82) is 0 Å². The van der Waals surface area contributed by atoms with Gasteiger partial charge in [-0.05, 0) is 42.8 Å². The minimum atomic E-state index is -0.324. The van der Waals surface area contributed by atoms with Gasteiger partial charge in [0, 0.05) is 43.7 Å². The van der Waals surface area contributed by atoms with Gasteiger partial charge < -0.3 is 18.7 Å². The van der Waals surface area contributed by atoms with Crippen molar-refractivity contribution in [3.05, 3.63) is 66.0 Å². The van der Waals surface area contributed by atoms with Crippen molar-refractivity contribution >= 4 is 11.8 Å². The lowest BCUT2D eigenvalue weighted by Gasteiger charge is -2.34. The lowest BCUT2D eigenvalue weighted by Crippen LogP contribution is -2.50. The Labute approximate surface area is 166 Å². The molecule has 0 saturated carbocycles. The zero-order chi connectivity index (χ0) is 20.2. The molecule has 1 aromatic carbocycles. The van der Waals surface area contributed by atoms with E-state index in [0.717, 1.165) is 11.1 Å². The number of benzene rings is 1. The Morgan fingerprint density at radius 2 is 1.76 bits per heavy atom. The van der Waals surface area contributed by atoms with Crippen molar-refractivity contribution in [2.24, 2.45) is 0 Å². The topological polar surface area (TPSA) is 79.8 Å². The Bertz CT molecular complexity index is 974. The van der Waals surface area contributed by atoms with Crippen LogP contribution in [0.3, 0.4) is 0 Å². The number of aryl methyl sites for hydroxylation is 1. The number of halogens is 1. The first-order chi connectivity index (χ1) is 14.1. The second-order valence-electron chi connectivity index (χ2n) is 6.84. The van der Waals surface area contributed by atoms with Crippen molar-refractivity contribution in [1.82, 2.24) is 15.0 Å². The summed E-state index contributed by atoms with van der Waals surface area (Å²) in [5.74, 6) is 0.392. The summed E-state index contributed by atoms with van der Waals surface area (Å²) in [7, 11) is 0. The van der Waals surface area contributed by atoms with E-state index in [9.17, 15) is 14.0 Å². The molecule has 0 unspecified atom stereocenters. The Kier molecular flexibility index (Phi) is 5.41. The Balaban J connectivity index is 1.31. The first kappa shape index (κ1) is 18.9. The highest BCUT2D eigenvalue weighted by molar-refractivity contribution is 5.91. The SMILES string of the molecule is O=C(CCc1cnoc1-c1ccc(F)cc1)N1CCN(C(=O)c2ccco2)CC1. The number of carbonyl (C=O) groups is 2. The molecule has 0 spiro atoms. The average Bonchev–Trinajstić information content (AvgIpc) is 3.44. The molecule has 4 rings (SSSR count). The zero-order valence-corrected chi connectivity index (χ0v) is 15.7. The van der Waals surface area contributed by atoms with Crippen molar-refractivity contribution in [3.8, 4) is 11.3 Å².